The van der Waals surface area contributed by atoms with Crippen LogP contribution in [0.2, 0.25) is 5.02 Å². The zero-order valence-electron chi connectivity index (χ0n) is 9.13. The maximum Gasteiger partial charge on any atom is 0.105 e. The van der Waals surface area contributed by atoms with Crippen LogP contribution in [-0.2, 0) is 0 Å². The summed E-state index contributed by atoms with van der Waals surface area (Å²) in [5.74, 6) is 1.89. The van der Waals surface area contributed by atoms with Crippen LogP contribution >= 0.6 is 27.5 Å². The summed E-state index contributed by atoms with van der Waals surface area (Å²) in [7, 11) is 0. The molecule has 3 heteroatoms. The van der Waals surface area contributed by atoms with E-state index in [1.807, 2.05) is 38.1 Å². The van der Waals surface area contributed by atoms with Crippen LogP contribution in [0.1, 0.15) is 27.5 Å². The van der Waals surface area contributed by atoms with Crippen molar-refractivity contribution in [2.75, 3.05) is 0 Å². The van der Waals surface area contributed by atoms with Gasteiger partial charge >= 0.3 is 0 Å². The maximum atomic E-state index is 5.86. The number of halogens is 2. The van der Waals surface area contributed by atoms with Crippen molar-refractivity contribution in [3.05, 3.63) is 58.0 Å². The van der Waals surface area contributed by atoms with Crippen LogP contribution in [0.5, 0.6) is 0 Å². The van der Waals surface area contributed by atoms with Gasteiger partial charge in [-0.3, -0.25) is 0 Å². The molecule has 0 fully saturated rings. The third kappa shape index (κ3) is 2.33. The second-order valence-electron chi connectivity index (χ2n) is 3.78. The summed E-state index contributed by atoms with van der Waals surface area (Å²) in [5, 5.41) is 0.753. The van der Waals surface area contributed by atoms with Crippen molar-refractivity contribution in [1.29, 1.82) is 0 Å². The second kappa shape index (κ2) is 4.64. The Bertz CT molecular complexity index is 487. The second-order valence-corrected chi connectivity index (χ2v) is 5.13. The van der Waals surface area contributed by atoms with E-state index in [-0.39, 0.29) is 4.83 Å². The van der Waals surface area contributed by atoms with Crippen LogP contribution in [0, 0.1) is 13.8 Å². The number of rotatable bonds is 2. The molecule has 0 spiro atoms. The van der Waals surface area contributed by atoms with Gasteiger partial charge in [-0.25, -0.2) is 0 Å². The first kappa shape index (κ1) is 11.7. The van der Waals surface area contributed by atoms with Gasteiger partial charge in [-0.1, -0.05) is 39.7 Å². The van der Waals surface area contributed by atoms with E-state index in [2.05, 4.69) is 22.0 Å². The van der Waals surface area contributed by atoms with Crippen molar-refractivity contribution < 1.29 is 4.42 Å². The minimum atomic E-state index is 0.155. The molecule has 16 heavy (non-hydrogen) atoms. The van der Waals surface area contributed by atoms with E-state index in [0.717, 1.165) is 16.5 Å². The summed E-state index contributed by atoms with van der Waals surface area (Å²) in [6, 6.07) is 9.89. The molecule has 1 aromatic carbocycles. The van der Waals surface area contributed by atoms with E-state index in [0.29, 0.717) is 0 Å². The first-order chi connectivity index (χ1) is 7.58. The molecule has 0 N–H and O–H groups in total. The van der Waals surface area contributed by atoms with Crippen molar-refractivity contribution in [3.63, 3.8) is 0 Å². The zero-order valence-corrected chi connectivity index (χ0v) is 11.5. The van der Waals surface area contributed by atoms with Crippen LogP contribution in [-0.4, -0.2) is 0 Å². The van der Waals surface area contributed by atoms with Crippen molar-refractivity contribution >= 4 is 27.5 Å². The summed E-state index contributed by atoms with van der Waals surface area (Å²) >= 11 is 9.54. The fraction of sp³-hybridized carbons (Fsp3) is 0.231. The lowest BCUT2D eigenvalue weighted by atomic mass is 10.1. The Morgan fingerprint density at radius 1 is 1.19 bits per heavy atom. The average Bonchev–Trinajstić information content (AvgIpc) is 2.58. The van der Waals surface area contributed by atoms with E-state index in [1.165, 1.54) is 11.1 Å². The minimum Gasteiger partial charge on any atom is -0.466 e. The highest BCUT2D eigenvalue weighted by molar-refractivity contribution is 9.09. The van der Waals surface area contributed by atoms with Crippen LogP contribution in [0.25, 0.3) is 0 Å². The Balaban J connectivity index is 2.35. The SMILES string of the molecule is Cc1cc(C(Br)c2ccc(Cl)cc2)c(C)o1. The molecule has 0 amide bonds. The van der Waals surface area contributed by atoms with Gasteiger partial charge in [0.05, 0.1) is 4.83 Å². The third-order valence-electron chi connectivity index (χ3n) is 2.52. The number of furan rings is 1. The van der Waals surface area contributed by atoms with Gasteiger partial charge in [0.2, 0.25) is 0 Å². The summed E-state index contributed by atoms with van der Waals surface area (Å²) < 4.78 is 5.52. The van der Waals surface area contributed by atoms with Crippen molar-refractivity contribution in [2.45, 2.75) is 18.7 Å². The fourth-order valence-electron chi connectivity index (χ4n) is 1.71. The first-order valence-corrected chi connectivity index (χ1v) is 6.34. The van der Waals surface area contributed by atoms with Gasteiger partial charge in [0.15, 0.2) is 0 Å². The van der Waals surface area contributed by atoms with Gasteiger partial charge in [0.1, 0.15) is 11.5 Å². The summed E-state index contributed by atoms with van der Waals surface area (Å²) in [6.07, 6.45) is 0. The highest BCUT2D eigenvalue weighted by Crippen LogP contribution is 2.34. The molecule has 1 atom stereocenters. The van der Waals surface area contributed by atoms with E-state index in [4.69, 9.17) is 16.0 Å². The maximum absolute atomic E-state index is 5.86. The fourth-order valence-corrected chi connectivity index (χ4v) is 2.60. The molecular weight excluding hydrogens is 287 g/mol. The van der Waals surface area contributed by atoms with Gasteiger partial charge in [-0.05, 0) is 37.6 Å². The Morgan fingerprint density at radius 3 is 2.31 bits per heavy atom. The summed E-state index contributed by atoms with van der Waals surface area (Å²) in [5.41, 5.74) is 2.34. The van der Waals surface area contributed by atoms with Crippen LogP contribution < -0.4 is 0 Å². The molecule has 0 radical (unpaired) electrons. The Hall–Kier alpha value is -0.730. The molecule has 84 valence electrons. The van der Waals surface area contributed by atoms with E-state index < -0.39 is 0 Å². The van der Waals surface area contributed by atoms with Gasteiger partial charge in [0, 0.05) is 10.6 Å². The number of hydrogen-bond donors (Lipinski definition) is 0. The predicted octanol–water partition coefficient (Wildman–Crippen LogP) is 5.03. The van der Waals surface area contributed by atoms with Crippen LogP contribution in [0.3, 0.4) is 0 Å². The number of benzene rings is 1. The highest BCUT2D eigenvalue weighted by atomic mass is 79.9. The normalized spacial score (nSPS) is 12.8. The molecule has 0 aliphatic rings. The number of alkyl halides is 1. The molecule has 1 heterocycles. The monoisotopic (exact) mass is 298 g/mol. The van der Waals surface area contributed by atoms with E-state index in [9.17, 15) is 0 Å². The zero-order chi connectivity index (χ0) is 11.7. The summed E-state index contributed by atoms with van der Waals surface area (Å²) in [4.78, 5) is 0.155. The molecule has 0 aliphatic heterocycles. The first-order valence-electron chi connectivity index (χ1n) is 5.04. The van der Waals surface area contributed by atoms with E-state index >= 15 is 0 Å². The molecule has 2 rings (SSSR count). The lowest BCUT2D eigenvalue weighted by Crippen LogP contribution is -1.92. The van der Waals surface area contributed by atoms with Gasteiger partial charge in [-0.2, -0.15) is 0 Å². The quantitative estimate of drug-likeness (QED) is 0.709. The highest BCUT2D eigenvalue weighted by Gasteiger charge is 2.15. The van der Waals surface area contributed by atoms with E-state index in [1.54, 1.807) is 0 Å². The van der Waals surface area contributed by atoms with Crippen LogP contribution in [0.15, 0.2) is 34.7 Å². The van der Waals surface area contributed by atoms with Gasteiger partial charge in [-0.15, -0.1) is 0 Å². The van der Waals surface area contributed by atoms with Crippen molar-refractivity contribution in [1.82, 2.24) is 0 Å². The molecule has 0 aliphatic carbocycles. The standard InChI is InChI=1S/C13H12BrClO/c1-8-7-12(9(2)16-8)13(14)10-3-5-11(15)6-4-10/h3-7,13H,1-2H3. The van der Waals surface area contributed by atoms with Crippen molar-refractivity contribution in [2.24, 2.45) is 0 Å². The van der Waals surface area contributed by atoms with Crippen LogP contribution in [0.4, 0.5) is 0 Å². The number of hydrogen-bond acceptors (Lipinski definition) is 1. The summed E-state index contributed by atoms with van der Waals surface area (Å²) in [6.45, 7) is 3.94. The molecule has 1 unspecified atom stereocenters. The molecule has 2 aromatic rings. The molecular formula is C13H12BrClO. The topological polar surface area (TPSA) is 13.1 Å². The average molecular weight is 300 g/mol. The Kier molecular flexibility index (Phi) is 3.41. The predicted molar refractivity (Wildman–Crippen MR) is 70.4 cm³/mol. The third-order valence-corrected chi connectivity index (χ3v) is 3.79. The van der Waals surface area contributed by atoms with Gasteiger partial charge < -0.3 is 4.42 Å². The Morgan fingerprint density at radius 2 is 1.81 bits per heavy atom. The molecule has 0 saturated heterocycles. The smallest absolute Gasteiger partial charge is 0.105 e. The Labute approximate surface area is 109 Å². The minimum absolute atomic E-state index is 0.155. The molecule has 1 nitrogen and oxygen atoms in total. The van der Waals surface area contributed by atoms with Crippen molar-refractivity contribution in [3.8, 4) is 0 Å². The number of aryl methyl sites for hydroxylation is 2. The lowest BCUT2D eigenvalue weighted by Gasteiger charge is -2.09. The van der Waals surface area contributed by atoms with Gasteiger partial charge in [0.25, 0.3) is 0 Å². The molecule has 1 aromatic heterocycles. The molecule has 0 bridgehead atoms. The molecule has 0 saturated carbocycles. The lowest BCUT2D eigenvalue weighted by molar-refractivity contribution is 0.502. The largest absolute Gasteiger partial charge is 0.466 e.